The highest BCUT2D eigenvalue weighted by atomic mass is 32.2. The number of rotatable bonds is 9. The van der Waals surface area contributed by atoms with Gasteiger partial charge in [0.2, 0.25) is 5.91 Å². The molecule has 9 heteroatoms. The summed E-state index contributed by atoms with van der Waals surface area (Å²) in [5, 5.41) is 16.3. The lowest BCUT2D eigenvalue weighted by Gasteiger charge is -2.05. The second kappa shape index (κ2) is 10.5. The molecule has 0 aliphatic rings. The van der Waals surface area contributed by atoms with Crippen molar-refractivity contribution in [2.24, 2.45) is 0 Å². The zero-order valence-corrected chi connectivity index (χ0v) is 16.6. The molecule has 144 valence electrons. The van der Waals surface area contributed by atoms with Crippen molar-refractivity contribution in [1.29, 1.82) is 0 Å². The molecule has 0 saturated heterocycles. The van der Waals surface area contributed by atoms with Crippen LogP contribution >= 0.6 is 23.1 Å². The maximum atomic E-state index is 12.0. The third kappa shape index (κ3) is 6.43. The van der Waals surface area contributed by atoms with E-state index in [2.05, 4.69) is 25.8 Å². The van der Waals surface area contributed by atoms with Crippen LogP contribution in [0.1, 0.15) is 28.1 Å². The summed E-state index contributed by atoms with van der Waals surface area (Å²) in [4.78, 5) is 28.4. The van der Waals surface area contributed by atoms with Crippen LogP contribution < -0.4 is 10.6 Å². The lowest BCUT2D eigenvalue weighted by Crippen LogP contribution is -2.22. The zero-order chi connectivity index (χ0) is 19.6. The summed E-state index contributed by atoms with van der Waals surface area (Å²) in [6.45, 7) is 0.513. The van der Waals surface area contributed by atoms with Gasteiger partial charge in [0, 0.05) is 31.1 Å². The lowest BCUT2D eigenvalue weighted by molar-refractivity contribution is -0.121. The molecular weight excluding hydrogens is 394 g/mol. The number of carbonyl (C=O) groups excluding carboxylic acids is 2. The van der Waals surface area contributed by atoms with Crippen LogP contribution in [-0.4, -0.2) is 32.7 Å². The van der Waals surface area contributed by atoms with Crippen LogP contribution in [0.15, 0.2) is 59.2 Å². The first-order chi connectivity index (χ1) is 13.7. The number of pyridine rings is 1. The molecule has 0 unspecified atom stereocenters. The molecule has 0 aliphatic carbocycles. The average molecular weight is 414 g/mol. The summed E-state index contributed by atoms with van der Waals surface area (Å²) in [5.41, 5.74) is 1.03. The van der Waals surface area contributed by atoms with E-state index in [1.165, 1.54) is 23.1 Å². The van der Waals surface area contributed by atoms with Crippen LogP contribution in [0.5, 0.6) is 0 Å². The van der Waals surface area contributed by atoms with E-state index < -0.39 is 0 Å². The van der Waals surface area contributed by atoms with Gasteiger partial charge in [-0.2, -0.15) is 0 Å². The predicted molar refractivity (Wildman–Crippen MR) is 110 cm³/mol. The zero-order valence-electron chi connectivity index (χ0n) is 15.0. The molecule has 0 bridgehead atoms. The highest BCUT2D eigenvalue weighted by molar-refractivity contribution is 7.99. The number of hydrogen-bond donors (Lipinski definition) is 2. The second-order valence-electron chi connectivity index (χ2n) is 5.77. The summed E-state index contributed by atoms with van der Waals surface area (Å²) in [5.74, 6) is 1.01. The van der Waals surface area contributed by atoms with Gasteiger partial charge in [-0.25, -0.2) is 0 Å². The van der Waals surface area contributed by atoms with E-state index in [1.54, 1.807) is 24.5 Å². The molecule has 0 spiro atoms. The summed E-state index contributed by atoms with van der Waals surface area (Å²) >= 11 is 2.90. The fraction of sp³-hybridized carbons (Fsp3) is 0.211. The van der Waals surface area contributed by atoms with Crippen LogP contribution in [0.2, 0.25) is 0 Å². The Balaban J connectivity index is 1.33. The molecule has 28 heavy (non-hydrogen) atoms. The fourth-order valence-corrected chi connectivity index (χ4v) is 3.63. The van der Waals surface area contributed by atoms with Crippen molar-refractivity contribution in [1.82, 2.24) is 20.5 Å². The summed E-state index contributed by atoms with van der Waals surface area (Å²) in [7, 11) is 0. The van der Waals surface area contributed by atoms with Crippen molar-refractivity contribution >= 4 is 40.7 Å². The van der Waals surface area contributed by atoms with E-state index in [9.17, 15) is 9.59 Å². The van der Waals surface area contributed by atoms with Crippen LogP contribution in [0.25, 0.3) is 0 Å². The Morgan fingerprint density at radius 2 is 1.93 bits per heavy atom. The van der Waals surface area contributed by atoms with Gasteiger partial charge in [0.15, 0.2) is 5.82 Å². The van der Waals surface area contributed by atoms with Gasteiger partial charge in [0.05, 0.1) is 4.88 Å². The Labute approximate surface area is 171 Å². The normalized spacial score (nSPS) is 10.4. The van der Waals surface area contributed by atoms with Gasteiger partial charge in [0.25, 0.3) is 5.91 Å². The van der Waals surface area contributed by atoms with Crippen LogP contribution in [-0.2, 0) is 11.3 Å². The number of hydrogen-bond acceptors (Lipinski definition) is 7. The molecule has 3 rings (SSSR count). The molecule has 0 fully saturated rings. The molecular formula is C19H19N5O2S2. The predicted octanol–water partition coefficient (Wildman–Crippen LogP) is 3.37. The number of thiophene rings is 1. The van der Waals surface area contributed by atoms with E-state index in [-0.39, 0.29) is 11.8 Å². The SMILES string of the molecule is O=C(CCCSc1ccc(NC(=O)c2cccs2)nn1)NCc1ccncc1. The van der Waals surface area contributed by atoms with E-state index in [1.807, 2.05) is 29.6 Å². The van der Waals surface area contributed by atoms with Gasteiger partial charge in [0.1, 0.15) is 5.03 Å². The van der Waals surface area contributed by atoms with Crippen molar-refractivity contribution in [3.63, 3.8) is 0 Å². The maximum absolute atomic E-state index is 12.0. The summed E-state index contributed by atoms with van der Waals surface area (Å²) in [6.07, 6.45) is 4.61. The Morgan fingerprint density at radius 3 is 2.64 bits per heavy atom. The molecule has 2 amide bonds. The van der Waals surface area contributed by atoms with Gasteiger partial charge in [-0.3, -0.25) is 14.6 Å². The minimum Gasteiger partial charge on any atom is -0.352 e. The first-order valence-corrected chi connectivity index (χ1v) is 10.5. The van der Waals surface area contributed by atoms with Gasteiger partial charge >= 0.3 is 0 Å². The topological polar surface area (TPSA) is 96.9 Å². The minimum absolute atomic E-state index is 0.0233. The molecule has 0 aromatic carbocycles. The third-order valence-electron chi connectivity index (χ3n) is 3.66. The third-order valence-corrected chi connectivity index (χ3v) is 5.54. The van der Waals surface area contributed by atoms with Crippen molar-refractivity contribution in [2.45, 2.75) is 24.4 Å². The van der Waals surface area contributed by atoms with Crippen molar-refractivity contribution < 1.29 is 9.59 Å². The summed E-state index contributed by atoms with van der Waals surface area (Å²) < 4.78 is 0. The smallest absolute Gasteiger partial charge is 0.266 e. The monoisotopic (exact) mass is 413 g/mol. The Hall–Kier alpha value is -2.78. The first-order valence-electron chi connectivity index (χ1n) is 8.68. The maximum Gasteiger partial charge on any atom is 0.266 e. The number of anilines is 1. The van der Waals surface area contributed by atoms with Gasteiger partial charge in [-0.05, 0) is 47.7 Å². The number of thioether (sulfide) groups is 1. The molecule has 0 atom stereocenters. The van der Waals surface area contributed by atoms with Crippen molar-refractivity contribution in [3.8, 4) is 0 Å². The molecule has 2 N–H and O–H groups in total. The highest BCUT2D eigenvalue weighted by Crippen LogP contribution is 2.18. The number of carbonyl (C=O) groups is 2. The van der Waals surface area contributed by atoms with Crippen molar-refractivity contribution in [2.75, 3.05) is 11.1 Å². The van der Waals surface area contributed by atoms with E-state index >= 15 is 0 Å². The van der Waals surface area contributed by atoms with Gasteiger partial charge in [-0.1, -0.05) is 6.07 Å². The minimum atomic E-state index is -0.192. The lowest BCUT2D eigenvalue weighted by atomic mass is 10.2. The molecule has 3 heterocycles. The largest absolute Gasteiger partial charge is 0.352 e. The first kappa shape index (κ1) is 20.0. The van der Waals surface area contributed by atoms with E-state index in [0.717, 1.165) is 22.8 Å². The number of aromatic nitrogens is 3. The molecule has 3 aromatic rings. The van der Waals surface area contributed by atoms with Gasteiger partial charge < -0.3 is 10.6 Å². The van der Waals surface area contributed by atoms with Crippen LogP contribution in [0, 0.1) is 0 Å². The standard InChI is InChI=1S/C19H19N5O2S2/c25-17(21-13-14-7-9-20-10-8-14)4-2-12-28-18-6-5-16(23-24-18)22-19(26)15-3-1-11-27-15/h1,3,5-11H,2,4,12-13H2,(H,21,25)(H,22,23,26). The molecule has 7 nitrogen and oxygen atoms in total. The number of nitrogens with one attached hydrogen (secondary N) is 2. The molecule has 0 aliphatic heterocycles. The van der Waals surface area contributed by atoms with Crippen molar-refractivity contribution in [3.05, 3.63) is 64.6 Å². The highest BCUT2D eigenvalue weighted by Gasteiger charge is 2.08. The van der Waals surface area contributed by atoms with Crippen LogP contribution in [0.4, 0.5) is 5.82 Å². The molecule has 0 saturated carbocycles. The fourth-order valence-electron chi connectivity index (χ4n) is 2.25. The molecule has 3 aromatic heterocycles. The Bertz CT molecular complexity index is 886. The van der Waals surface area contributed by atoms with E-state index in [4.69, 9.17) is 0 Å². The van der Waals surface area contributed by atoms with E-state index in [0.29, 0.717) is 23.7 Å². The Kier molecular flexibility index (Phi) is 7.51. The molecule has 0 radical (unpaired) electrons. The van der Waals surface area contributed by atoms with Gasteiger partial charge in [-0.15, -0.1) is 33.3 Å². The summed E-state index contributed by atoms with van der Waals surface area (Å²) in [6, 6.07) is 10.9. The second-order valence-corrected chi connectivity index (χ2v) is 7.84. The quantitative estimate of drug-likeness (QED) is 0.412. The number of amides is 2. The Morgan fingerprint density at radius 1 is 1.07 bits per heavy atom. The van der Waals surface area contributed by atoms with Crippen LogP contribution in [0.3, 0.4) is 0 Å². The number of nitrogens with zero attached hydrogens (tertiary/aromatic N) is 3. The average Bonchev–Trinajstić information content (AvgIpc) is 3.27.